The first-order chi connectivity index (χ1) is 2.56. The zero-order valence-corrected chi connectivity index (χ0v) is 6.41. The summed E-state index contributed by atoms with van der Waals surface area (Å²) in [5.74, 6) is 0. The molecular formula is C4H11FMgO. The Kier molecular flexibility index (Phi) is 5.50. The molecule has 3 heteroatoms. The molecule has 0 radical (unpaired) electrons. The summed E-state index contributed by atoms with van der Waals surface area (Å²) in [6.45, 7) is 4.94. The molecule has 0 aliphatic carbocycles. The molecule has 0 saturated carbocycles. The molecule has 0 bridgehead atoms. The second kappa shape index (κ2) is 3.63. The van der Waals surface area contributed by atoms with Gasteiger partial charge in [0.05, 0.1) is 0 Å². The van der Waals surface area contributed by atoms with E-state index in [-0.39, 0.29) is 25.9 Å². The van der Waals surface area contributed by atoms with Crippen molar-refractivity contribution in [2.45, 2.75) is 26.4 Å². The van der Waals surface area contributed by atoms with Crippen molar-refractivity contribution in [3.63, 3.8) is 0 Å². The van der Waals surface area contributed by atoms with E-state index in [0.29, 0.717) is 0 Å². The fourth-order valence-electron chi connectivity index (χ4n) is 0. The molecule has 0 aromatic carbocycles. The summed E-state index contributed by atoms with van der Waals surface area (Å²) in [6, 6.07) is 0. The van der Waals surface area contributed by atoms with Gasteiger partial charge >= 0.3 is 23.1 Å². The van der Waals surface area contributed by atoms with E-state index in [0.717, 1.165) is 0 Å². The van der Waals surface area contributed by atoms with Crippen molar-refractivity contribution >= 4 is 23.1 Å². The van der Waals surface area contributed by atoms with Crippen molar-refractivity contribution in [1.82, 2.24) is 0 Å². The van der Waals surface area contributed by atoms with E-state index >= 15 is 0 Å². The molecule has 1 nitrogen and oxygen atoms in total. The molecule has 0 amide bonds. The third-order valence-electron chi connectivity index (χ3n) is 0.231. The van der Waals surface area contributed by atoms with Crippen LogP contribution in [-0.2, 0) is 4.94 Å². The Bertz CT molecular complexity index is 48.3. The Morgan fingerprint density at radius 1 is 1.43 bits per heavy atom. The van der Waals surface area contributed by atoms with Crippen molar-refractivity contribution < 1.29 is 12.3 Å². The summed E-state index contributed by atoms with van der Waals surface area (Å²) in [5, 5.41) is 0. The van der Waals surface area contributed by atoms with Crippen LogP contribution in [0.15, 0.2) is 0 Å². The van der Waals surface area contributed by atoms with Crippen LogP contribution < -0.4 is 0 Å². The molecule has 0 fully saturated rings. The van der Waals surface area contributed by atoms with Crippen LogP contribution in [-0.4, -0.2) is 28.7 Å². The maximum atomic E-state index is 11.0. The van der Waals surface area contributed by atoms with Crippen molar-refractivity contribution in [1.29, 1.82) is 0 Å². The number of rotatable bonds is 0. The van der Waals surface area contributed by atoms with Crippen LogP contribution in [0, 0.1) is 0 Å². The number of hydrogen-bond acceptors (Lipinski definition) is 1. The minimum absolute atomic E-state index is 0. The maximum Gasteiger partial charge on any atom is 2.00 e. The van der Waals surface area contributed by atoms with Gasteiger partial charge in [-0.1, -0.05) is 0 Å². The average molecular weight is 118 g/mol. The van der Waals surface area contributed by atoms with Crippen LogP contribution in [0.5, 0.6) is 0 Å². The Morgan fingerprint density at radius 2 is 1.57 bits per heavy atom. The van der Waals surface area contributed by atoms with Gasteiger partial charge in [0.15, 0.2) is 0 Å². The number of halogens is 1. The van der Waals surface area contributed by atoms with Gasteiger partial charge in [0.1, 0.15) is 5.60 Å². The van der Waals surface area contributed by atoms with Crippen molar-refractivity contribution in [2.24, 2.45) is 0 Å². The van der Waals surface area contributed by atoms with E-state index in [1.165, 1.54) is 0 Å². The first-order valence-corrected chi connectivity index (χ1v) is 1.86. The molecule has 0 aliphatic heterocycles. The molecule has 0 spiro atoms. The van der Waals surface area contributed by atoms with Gasteiger partial charge in [-0.05, 0) is 25.3 Å². The van der Waals surface area contributed by atoms with Crippen molar-refractivity contribution in [2.75, 3.05) is 0 Å². The van der Waals surface area contributed by atoms with Gasteiger partial charge in [-0.2, -0.15) is 4.94 Å². The normalized spacial score (nSPS) is 10.3. The largest absolute Gasteiger partial charge is 2.00 e. The Labute approximate surface area is 62.3 Å². The molecule has 7 heavy (non-hydrogen) atoms. The van der Waals surface area contributed by atoms with E-state index in [1.807, 2.05) is 0 Å². The molecule has 0 saturated heterocycles. The summed E-state index contributed by atoms with van der Waals surface area (Å²) >= 11 is 0. The van der Waals surface area contributed by atoms with Crippen molar-refractivity contribution in [3.05, 3.63) is 0 Å². The number of hydrogen-bond donors (Lipinski definition) is 0. The molecule has 0 N–H and O–H groups in total. The zero-order chi connectivity index (χ0) is 5.21. The monoisotopic (exact) mass is 118 g/mol. The summed E-state index contributed by atoms with van der Waals surface area (Å²) < 4.78 is 11.0. The minimum Gasteiger partial charge on any atom is -1.00 e. The van der Waals surface area contributed by atoms with Crippen molar-refractivity contribution in [3.8, 4) is 0 Å². The third-order valence-corrected chi connectivity index (χ3v) is 0.231. The van der Waals surface area contributed by atoms with E-state index in [4.69, 9.17) is 0 Å². The molecule has 0 unspecified atom stereocenters. The Hall–Kier alpha value is 0.656. The molecule has 42 valence electrons. The molecular weight excluding hydrogens is 107 g/mol. The summed E-state index contributed by atoms with van der Waals surface area (Å²) in [7, 11) is 0. The minimum atomic E-state index is -0.625. The van der Waals surface area contributed by atoms with Crippen LogP contribution in [0.4, 0.5) is 4.53 Å². The maximum absolute atomic E-state index is 11.0. The van der Waals surface area contributed by atoms with Crippen LogP contribution >= 0.6 is 0 Å². The van der Waals surface area contributed by atoms with Crippen LogP contribution in [0.1, 0.15) is 23.6 Å². The Balaban J connectivity index is -0.0000000417. The first-order valence-electron chi connectivity index (χ1n) is 1.86. The summed E-state index contributed by atoms with van der Waals surface area (Å²) in [6.07, 6.45) is 0. The Morgan fingerprint density at radius 3 is 1.57 bits per heavy atom. The SMILES string of the molecule is CC(C)(C)OF.[H-].[H-].[Mg+2]. The van der Waals surface area contributed by atoms with Crippen LogP contribution in [0.25, 0.3) is 0 Å². The standard InChI is InChI=1S/C4H9FO.Mg.2H/c1-4(2,3)6-5;;;/h1-3H3;;;/q;+2;2*-1. The predicted octanol–water partition coefficient (Wildman–Crippen LogP) is 1.53. The first kappa shape index (κ1) is 10.6. The molecule has 0 aliphatic rings. The molecule has 0 rings (SSSR count). The summed E-state index contributed by atoms with van der Waals surface area (Å²) in [4.78, 5) is 3.44. The van der Waals surface area contributed by atoms with Gasteiger partial charge in [0.2, 0.25) is 0 Å². The smallest absolute Gasteiger partial charge is 1.00 e. The van der Waals surface area contributed by atoms with Gasteiger partial charge < -0.3 is 2.85 Å². The zero-order valence-electron chi connectivity index (χ0n) is 6.99. The predicted molar refractivity (Wildman–Crippen MR) is 29.9 cm³/mol. The molecule has 0 atom stereocenters. The quantitative estimate of drug-likeness (QED) is 0.438. The van der Waals surface area contributed by atoms with Crippen LogP contribution in [0.2, 0.25) is 0 Å². The van der Waals surface area contributed by atoms with E-state index in [9.17, 15) is 4.53 Å². The molecule has 0 heterocycles. The van der Waals surface area contributed by atoms with Gasteiger partial charge in [-0.15, -0.1) is 0 Å². The van der Waals surface area contributed by atoms with E-state index in [2.05, 4.69) is 4.94 Å². The second-order valence-electron chi connectivity index (χ2n) is 2.19. The van der Waals surface area contributed by atoms with Gasteiger partial charge in [-0.3, -0.25) is 0 Å². The van der Waals surface area contributed by atoms with Gasteiger partial charge in [0.25, 0.3) is 0 Å². The van der Waals surface area contributed by atoms with E-state index < -0.39 is 5.60 Å². The average Bonchev–Trinajstić information content (AvgIpc) is 1.35. The second-order valence-corrected chi connectivity index (χ2v) is 2.19. The van der Waals surface area contributed by atoms with E-state index in [1.54, 1.807) is 20.8 Å². The topological polar surface area (TPSA) is 9.23 Å². The molecule has 0 aromatic rings. The molecule has 0 aromatic heterocycles. The summed E-state index contributed by atoms with van der Waals surface area (Å²) in [5.41, 5.74) is -0.625. The van der Waals surface area contributed by atoms with Gasteiger partial charge in [0, 0.05) is 0 Å². The third kappa shape index (κ3) is 10.8. The fourth-order valence-corrected chi connectivity index (χ4v) is 0. The fraction of sp³-hybridized carbons (Fsp3) is 1.00. The van der Waals surface area contributed by atoms with Gasteiger partial charge in [-0.25, -0.2) is 0 Å². The van der Waals surface area contributed by atoms with Crippen LogP contribution in [0.3, 0.4) is 0 Å².